The second kappa shape index (κ2) is 6.44. The largest absolute Gasteiger partial charge is 0.371 e. The third-order valence-corrected chi connectivity index (χ3v) is 5.18. The number of nitro groups is 1. The maximum absolute atomic E-state index is 10.7. The number of non-ortho nitro benzene ring substituents is 1. The number of thiazole rings is 1. The molecule has 0 bridgehead atoms. The SMILES string of the molecule is CCc1csc(C2CCCN(c3ccc([N+](=O)[O-])cc3)C2)n1. The summed E-state index contributed by atoms with van der Waals surface area (Å²) in [4.78, 5) is 17.4. The summed E-state index contributed by atoms with van der Waals surface area (Å²) < 4.78 is 0. The molecule has 1 saturated heterocycles. The number of anilines is 1. The molecular weight excluding hydrogens is 298 g/mol. The maximum atomic E-state index is 10.7. The molecule has 0 radical (unpaired) electrons. The molecule has 1 aromatic carbocycles. The van der Waals surface area contributed by atoms with Gasteiger partial charge in [-0.05, 0) is 31.4 Å². The number of piperidine rings is 1. The summed E-state index contributed by atoms with van der Waals surface area (Å²) in [7, 11) is 0. The number of benzene rings is 1. The third-order valence-electron chi connectivity index (χ3n) is 4.13. The van der Waals surface area contributed by atoms with E-state index in [1.54, 1.807) is 23.5 Å². The molecule has 5 nitrogen and oxygen atoms in total. The number of aromatic nitrogens is 1. The Bertz CT molecular complexity index is 654. The van der Waals surface area contributed by atoms with E-state index >= 15 is 0 Å². The Morgan fingerprint density at radius 2 is 2.18 bits per heavy atom. The molecule has 6 heteroatoms. The lowest BCUT2D eigenvalue weighted by Crippen LogP contribution is -2.34. The Morgan fingerprint density at radius 1 is 1.41 bits per heavy atom. The minimum absolute atomic E-state index is 0.143. The highest BCUT2D eigenvalue weighted by atomic mass is 32.1. The first-order chi connectivity index (χ1) is 10.7. The Kier molecular flexibility index (Phi) is 4.38. The van der Waals surface area contributed by atoms with E-state index in [0.29, 0.717) is 5.92 Å². The van der Waals surface area contributed by atoms with Crippen molar-refractivity contribution in [3.8, 4) is 0 Å². The van der Waals surface area contributed by atoms with Gasteiger partial charge in [0, 0.05) is 42.2 Å². The highest BCUT2D eigenvalue weighted by molar-refractivity contribution is 7.09. The van der Waals surface area contributed by atoms with Crippen LogP contribution in [0.3, 0.4) is 0 Å². The Labute approximate surface area is 133 Å². The van der Waals surface area contributed by atoms with Gasteiger partial charge in [-0.1, -0.05) is 6.92 Å². The number of hydrogen-bond acceptors (Lipinski definition) is 5. The van der Waals surface area contributed by atoms with Gasteiger partial charge in [0.25, 0.3) is 5.69 Å². The van der Waals surface area contributed by atoms with E-state index in [4.69, 9.17) is 4.98 Å². The normalized spacial score (nSPS) is 18.4. The number of aryl methyl sites for hydroxylation is 1. The zero-order valence-corrected chi connectivity index (χ0v) is 13.4. The van der Waals surface area contributed by atoms with Crippen molar-refractivity contribution < 1.29 is 4.92 Å². The van der Waals surface area contributed by atoms with Crippen molar-refractivity contribution in [1.82, 2.24) is 4.98 Å². The van der Waals surface area contributed by atoms with Gasteiger partial charge in [-0.3, -0.25) is 10.1 Å². The zero-order chi connectivity index (χ0) is 15.5. The smallest absolute Gasteiger partial charge is 0.269 e. The van der Waals surface area contributed by atoms with Crippen LogP contribution in [-0.2, 0) is 6.42 Å². The van der Waals surface area contributed by atoms with Crippen LogP contribution in [0.15, 0.2) is 29.6 Å². The van der Waals surface area contributed by atoms with Gasteiger partial charge in [0.1, 0.15) is 0 Å². The lowest BCUT2D eigenvalue weighted by Gasteiger charge is -2.33. The van der Waals surface area contributed by atoms with E-state index in [0.717, 1.165) is 31.6 Å². The Hall–Kier alpha value is -1.95. The molecule has 0 aliphatic carbocycles. The monoisotopic (exact) mass is 317 g/mol. The van der Waals surface area contributed by atoms with Gasteiger partial charge < -0.3 is 4.90 Å². The van der Waals surface area contributed by atoms with Gasteiger partial charge in [0.2, 0.25) is 0 Å². The van der Waals surface area contributed by atoms with E-state index in [1.165, 1.54) is 17.1 Å². The van der Waals surface area contributed by atoms with E-state index < -0.39 is 0 Å². The van der Waals surface area contributed by atoms with E-state index in [9.17, 15) is 10.1 Å². The number of hydrogen-bond donors (Lipinski definition) is 0. The van der Waals surface area contributed by atoms with Crippen molar-refractivity contribution in [2.75, 3.05) is 18.0 Å². The molecule has 0 spiro atoms. The predicted molar refractivity (Wildman–Crippen MR) is 88.8 cm³/mol. The standard InChI is InChI=1S/C16H19N3O2S/c1-2-13-11-22-16(17-13)12-4-3-9-18(10-12)14-5-7-15(8-6-14)19(20)21/h5-8,11-12H,2-4,9-10H2,1H3. The first-order valence-corrected chi connectivity index (χ1v) is 8.49. The van der Waals surface area contributed by atoms with Gasteiger partial charge in [-0.15, -0.1) is 11.3 Å². The van der Waals surface area contributed by atoms with Gasteiger partial charge in [-0.25, -0.2) is 4.98 Å². The first kappa shape index (κ1) is 15.0. The quantitative estimate of drug-likeness (QED) is 0.632. The van der Waals surface area contributed by atoms with Crippen LogP contribution in [0.2, 0.25) is 0 Å². The predicted octanol–water partition coefficient (Wildman–Crippen LogP) is 4.00. The summed E-state index contributed by atoms with van der Waals surface area (Å²) in [6.45, 7) is 4.07. The average Bonchev–Trinajstić information content (AvgIpc) is 3.04. The molecule has 22 heavy (non-hydrogen) atoms. The Morgan fingerprint density at radius 3 is 2.82 bits per heavy atom. The molecule has 1 atom stereocenters. The van der Waals surface area contributed by atoms with Crippen LogP contribution in [-0.4, -0.2) is 23.0 Å². The van der Waals surface area contributed by atoms with Crippen molar-refractivity contribution in [3.63, 3.8) is 0 Å². The van der Waals surface area contributed by atoms with Crippen molar-refractivity contribution >= 4 is 22.7 Å². The summed E-state index contributed by atoms with van der Waals surface area (Å²) in [5.41, 5.74) is 2.37. The van der Waals surface area contributed by atoms with Gasteiger partial charge in [0.05, 0.1) is 15.6 Å². The van der Waals surface area contributed by atoms with Crippen LogP contribution in [0, 0.1) is 10.1 Å². The maximum Gasteiger partial charge on any atom is 0.269 e. The molecule has 0 saturated carbocycles. The fourth-order valence-corrected chi connectivity index (χ4v) is 3.90. The number of nitro benzene ring substituents is 1. The number of rotatable bonds is 4. The summed E-state index contributed by atoms with van der Waals surface area (Å²) in [5, 5.41) is 14.1. The molecule has 3 rings (SSSR count). The molecule has 1 aromatic heterocycles. The van der Waals surface area contributed by atoms with Crippen molar-refractivity contribution in [1.29, 1.82) is 0 Å². The summed E-state index contributed by atoms with van der Waals surface area (Å²) >= 11 is 1.76. The second-order valence-corrected chi connectivity index (χ2v) is 6.48. The summed E-state index contributed by atoms with van der Waals surface area (Å²) in [5.74, 6) is 0.467. The van der Waals surface area contributed by atoms with Crippen LogP contribution in [0.4, 0.5) is 11.4 Å². The highest BCUT2D eigenvalue weighted by Gasteiger charge is 2.24. The van der Waals surface area contributed by atoms with Crippen LogP contribution in [0.5, 0.6) is 0 Å². The van der Waals surface area contributed by atoms with Gasteiger partial charge in [-0.2, -0.15) is 0 Å². The van der Waals surface area contributed by atoms with Crippen LogP contribution >= 0.6 is 11.3 Å². The molecule has 2 heterocycles. The molecule has 116 valence electrons. The lowest BCUT2D eigenvalue weighted by molar-refractivity contribution is -0.384. The molecule has 0 amide bonds. The molecule has 1 unspecified atom stereocenters. The van der Waals surface area contributed by atoms with Crippen LogP contribution in [0.1, 0.15) is 36.4 Å². The van der Waals surface area contributed by atoms with Gasteiger partial charge in [0.15, 0.2) is 0 Å². The number of nitrogens with zero attached hydrogens (tertiary/aromatic N) is 3. The summed E-state index contributed by atoms with van der Waals surface area (Å²) in [6.07, 6.45) is 3.28. The minimum Gasteiger partial charge on any atom is -0.371 e. The topological polar surface area (TPSA) is 59.3 Å². The van der Waals surface area contributed by atoms with E-state index in [1.807, 2.05) is 12.1 Å². The first-order valence-electron chi connectivity index (χ1n) is 7.61. The van der Waals surface area contributed by atoms with Gasteiger partial charge >= 0.3 is 0 Å². The lowest BCUT2D eigenvalue weighted by atomic mass is 9.98. The van der Waals surface area contributed by atoms with Crippen molar-refractivity contribution in [2.24, 2.45) is 0 Å². The minimum atomic E-state index is -0.357. The second-order valence-electron chi connectivity index (χ2n) is 5.59. The molecular formula is C16H19N3O2S. The molecule has 2 aromatic rings. The Balaban J connectivity index is 1.73. The summed E-state index contributed by atoms with van der Waals surface area (Å²) in [6, 6.07) is 6.86. The highest BCUT2D eigenvalue weighted by Crippen LogP contribution is 2.32. The average molecular weight is 317 g/mol. The molecule has 1 aliphatic heterocycles. The fourth-order valence-electron chi connectivity index (χ4n) is 2.87. The molecule has 0 N–H and O–H groups in total. The van der Waals surface area contributed by atoms with Crippen molar-refractivity contribution in [2.45, 2.75) is 32.1 Å². The van der Waals surface area contributed by atoms with E-state index in [-0.39, 0.29) is 10.6 Å². The molecule has 1 aliphatic rings. The third kappa shape index (κ3) is 3.11. The fraction of sp³-hybridized carbons (Fsp3) is 0.438. The van der Waals surface area contributed by atoms with Crippen LogP contribution < -0.4 is 4.90 Å². The van der Waals surface area contributed by atoms with Crippen LogP contribution in [0.25, 0.3) is 0 Å². The van der Waals surface area contributed by atoms with E-state index in [2.05, 4.69) is 17.2 Å². The zero-order valence-electron chi connectivity index (χ0n) is 12.6. The van der Waals surface area contributed by atoms with Crippen molar-refractivity contribution in [3.05, 3.63) is 50.5 Å². The molecule has 1 fully saturated rings.